The zero-order valence-electron chi connectivity index (χ0n) is 10.3. The molecule has 0 aliphatic carbocycles. The van der Waals surface area contributed by atoms with Crippen LogP contribution >= 0.6 is 11.6 Å². The van der Waals surface area contributed by atoms with Crippen molar-refractivity contribution in [3.8, 4) is 0 Å². The van der Waals surface area contributed by atoms with Gasteiger partial charge in [0.25, 0.3) is 0 Å². The minimum atomic E-state index is -0.374. The molecule has 100 valence electrons. The Morgan fingerprint density at radius 3 is 2.94 bits per heavy atom. The SMILES string of the molecule is Fc1ccc(F)c(CN2CCCC(CCCl)C2)c1. The lowest BCUT2D eigenvalue weighted by Crippen LogP contribution is -2.35. The van der Waals surface area contributed by atoms with Crippen molar-refractivity contribution in [3.05, 3.63) is 35.4 Å². The molecule has 0 radical (unpaired) electrons. The summed E-state index contributed by atoms with van der Waals surface area (Å²) in [5, 5.41) is 0. The molecule has 1 unspecified atom stereocenters. The molecule has 0 saturated carbocycles. The fourth-order valence-corrected chi connectivity index (χ4v) is 2.90. The van der Waals surface area contributed by atoms with Crippen molar-refractivity contribution in [2.75, 3.05) is 19.0 Å². The van der Waals surface area contributed by atoms with E-state index in [1.165, 1.54) is 18.6 Å². The van der Waals surface area contributed by atoms with E-state index < -0.39 is 0 Å². The van der Waals surface area contributed by atoms with Crippen LogP contribution in [0.1, 0.15) is 24.8 Å². The molecule has 0 aromatic heterocycles. The third-order valence-corrected chi connectivity index (χ3v) is 3.74. The normalized spacial score (nSPS) is 21.2. The number of halogens is 3. The van der Waals surface area contributed by atoms with E-state index in [0.29, 0.717) is 23.9 Å². The highest BCUT2D eigenvalue weighted by atomic mass is 35.5. The number of hydrogen-bond acceptors (Lipinski definition) is 1. The first kappa shape index (κ1) is 13.8. The summed E-state index contributed by atoms with van der Waals surface area (Å²) in [4.78, 5) is 2.19. The van der Waals surface area contributed by atoms with Crippen LogP contribution in [0.5, 0.6) is 0 Å². The molecule has 2 rings (SSSR count). The van der Waals surface area contributed by atoms with Crippen LogP contribution in [0.15, 0.2) is 18.2 Å². The van der Waals surface area contributed by atoms with Crippen LogP contribution in [-0.2, 0) is 6.54 Å². The molecule has 1 aromatic rings. The first-order chi connectivity index (χ1) is 8.69. The molecule has 1 atom stereocenters. The fourth-order valence-electron chi connectivity index (χ4n) is 2.59. The third-order valence-electron chi connectivity index (χ3n) is 3.52. The van der Waals surface area contributed by atoms with Gasteiger partial charge in [0.15, 0.2) is 0 Å². The molecule has 1 saturated heterocycles. The second kappa shape index (κ2) is 6.48. The lowest BCUT2D eigenvalue weighted by molar-refractivity contribution is 0.163. The summed E-state index contributed by atoms with van der Waals surface area (Å²) in [6.07, 6.45) is 3.30. The Hall–Kier alpha value is -0.670. The highest BCUT2D eigenvalue weighted by Gasteiger charge is 2.20. The van der Waals surface area contributed by atoms with Gasteiger partial charge in [-0.3, -0.25) is 4.90 Å². The van der Waals surface area contributed by atoms with E-state index in [9.17, 15) is 8.78 Å². The van der Waals surface area contributed by atoms with Crippen LogP contribution in [0.25, 0.3) is 0 Å². The zero-order chi connectivity index (χ0) is 13.0. The number of alkyl halides is 1. The highest BCUT2D eigenvalue weighted by molar-refractivity contribution is 6.17. The number of piperidine rings is 1. The van der Waals surface area contributed by atoms with E-state index >= 15 is 0 Å². The Labute approximate surface area is 112 Å². The first-order valence-electron chi connectivity index (χ1n) is 6.41. The smallest absolute Gasteiger partial charge is 0.127 e. The van der Waals surface area contributed by atoms with E-state index in [4.69, 9.17) is 11.6 Å². The Morgan fingerprint density at radius 2 is 2.17 bits per heavy atom. The van der Waals surface area contributed by atoms with Crippen molar-refractivity contribution in [2.45, 2.75) is 25.8 Å². The van der Waals surface area contributed by atoms with E-state index in [1.807, 2.05) is 0 Å². The van der Waals surface area contributed by atoms with Crippen LogP contribution in [0.2, 0.25) is 0 Å². The van der Waals surface area contributed by atoms with Gasteiger partial charge in [0.1, 0.15) is 11.6 Å². The largest absolute Gasteiger partial charge is 0.299 e. The van der Waals surface area contributed by atoms with Gasteiger partial charge in [0, 0.05) is 24.5 Å². The summed E-state index contributed by atoms with van der Waals surface area (Å²) in [5.41, 5.74) is 0.446. The standard InChI is InChI=1S/C14H18ClF2N/c15-6-5-11-2-1-7-18(9-11)10-12-8-13(16)3-4-14(12)17/h3-4,8,11H,1-2,5-7,9-10H2. The molecular weight excluding hydrogens is 256 g/mol. The van der Waals surface area contributed by atoms with Gasteiger partial charge in [0.2, 0.25) is 0 Å². The Kier molecular flexibility index (Phi) is 4.95. The molecule has 0 N–H and O–H groups in total. The third kappa shape index (κ3) is 3.66. The molecule has 1 heterocycles. The van der Waals surface area contributed by atoms with Gasteiger partial charge in [-0.1, -0.05) is 0 Å². The Morgan fingerprint density at radius 1 is 1.33 bits per heavy atom. The number of hydrogen-bond donors (Lipinski definition) is 0. The molecule has 1 nitrogen and oxygen atoms in total. The molecule has 0 bridgehead atoms. The lowest BCUT2D eigenvalue weighted by Gasteiger charge is -2.32. The fraction of sp³-hybridized carbons (Fsp3) is 0.571. The molecule has 0 amide bonds. The predicted octanol–water partition coefficient (Wildman–Crippen LogP) is 3.81. The van der Waals surface area contributed by atoms with Crippen molar-refractivity contribution >= 4 is 11.6 Å². The summed E-state index contributed by atoms with van der Waals surface area (Å²) >= 11 is 5.76. The second-order valence-corrected chi connectivity index (χ2v) is 5.33. The maximum Gasteiger partial charge on any atom is 0.127 e. The van der Waals surface area contributed by atoms with Gasteiger partial charge in [-0.2, -0.15) is 0 Å². The molecule has 1 aliphatic heterocycles. The predicted molar refractivity (Wildman–Crippen MR) is 69.7 cm³/mol. The van der Waals surface area contributed by atoms with Crippen LogP contribution in [-0.4, -0.2) is 23.9 Å². The molecular formula is C14H18ClF2N. The van der Waals surface area contributed by atoms with Crippen molar-refractivity contribution < 1.29 is 8.78 Å². The van der Waals surface area contributed by atoms with Gasteiger partial charge < -0.3 is 0 Å². The summed E-state index contributed by atoms with van der Waals surface area (Å²) in [6, 6.07) is 3.65. The van der Waals surface area contributed by atoms with Crippen molar-refractivity contribution in [2.24, 2.45) is 5.92 Å². The second-order valence-electron chi connectivity index (χ2n) is 4.96. The van der Waals surface area contributed by atoms with Crippen LogP contribution < -0.4 is 0 Å². The maximum absolute atomic E-state index is 13.6. The minimum Gasteiger partial charge on any atom is -0.299 e. The Bertz CT molecular complexity index is 395. The van der Waals surface area contributed by atoms with Crippen LogP contribution in [0.3, 0.4) is 0 Å². The Balaban J connectivity index is 1.98. The average molecular weight is 274 g/mol. The molecule has 18 heavy (non-hydrogen) atoms. The van der Waals surface area contributed by atoms with Crippen LogP contribution in [0, 0.1) is 17.6 Å². The number of rotatable bonds is 4. The summed E-state index contributed by atoms with van der Waals surface area (Å²) in [6.45, 7) is 2.37. The quantitative estimate of drug-likeness (QED) is 0.754. The van der Waals surface area contributed by atoms with E-state index in [1.54, 1.807) is 0 Å². The molecule has 1 aromatic carbocycles. The summed E-state index contributed by atoms with van der Waals surface area (Å²) in [7, 11) is 0. The number of benzene rings is 1. The van der Waals surface area contributed by atoms with E-state index in [2.05, 4.69) is 4.90 Å². The van der Waals surface area contributed by atoms with Gasteiger partial charge in [-0.25, -0.2) is 8.78 Å². The number of likely N-dealkylation sites (tertiary alicyclic amines) is 1. The maximum atomic E-state index is 13.6. The van der Waals surface area contributed by atoms with Gasteiger partial charge in [-0.05, 0) is 49.9 Å². The highest BCUT2D eigenvalue weighted by Crippen LogP contribution is 2.22. The lowest BCUT2D eigenvalue weighted by atomic mass is 9.95. The van der Waals surface area contributed by atoms with Crippen molar-refractivity contribution in [3.63, 3.8) is 0 Å². The molecule has 0 spiro atoms. The van der Waals surface area contributed by atoms with Crippen molar-refractivity contribution in [1.82, 2.24) is 4.90 Å². The zero-order valence-corrected chi connectivity index (χ0v) is 11.1. The van der Waals surface area contributed by atoms with E-state index in [0.717, 1.165) is 32.0 Å². The van der Waals surface area contributed by atoms with Gasteiger partial charge in [0.05, 0.1) is 0 Å². The number of nitrogens with zero attached hydrogens (tertiary/aromatic N) is 1. The van der Waals surface area contributed by atoms with Gasteiger partial charge in [-0.15, -0.1) is 11.6 Å². The first-order valence-corrected chi connectivity index (χ1v) is 6.94. The van der Waals surface area contributed by atoms with E-state index in [-0.39, 0.29) is 11.6 Å². The molecule has 1 fully saturated rings. The summed E-state index contributed by atoms with van der Waals surface area (Å²) < 4.78 is 26.7. The monoisotopic (exact) mass is 273 g/mol. The molecule has 4 heteroatoms. The van der Waals surface area contributed by atoms with Crippen LogP contribution in [0.4, 0.5) is 8.78 Å². The summed E-state index contributed by atoms with van der Waals surface area (Å²) in [5.74, 6) is 0.566. The van der Waals surface area contributed by atoms with Gasteiger partial charge >= 0.3 is 0 Å². The molecule has 1 aliphatic rings. The topological polar surface area (TPSA) is 3.24 Å². The minimum absolute atomic E-state index is 0.323. The average Bonchev–Trinajstić information content (AvgIpc) is 2.35. The van der Waals surface area contributed by atoms with Crippen molar-refractivity contribution in [1.29, 1.82) is 0 Å².